The van der Waals surface area contributed by atoms with Gasteiger partial charge in [-0.1, -0.05) is 70.8 Å². The molecule has 2 aromatic carbocycles. The fourth-order valence-corrected chi connectivity index (χ4v) is 6.11. The lowest BCUT2D eigenvalue weighted by Crippen LogP contribution is -2.35. The molecule has 1 atom stereocenters. The van der Waals surface area contributed by atoms with Crippen molar-refractivity contribution < 1.29 is 18.8 Å². The summed E-state index contributed by atoms with van der Waals surface area (Å²) >= 11 is 14.1. The Morgan fingerprint density at radius 2 is 1.54 bits per heavy atom. The summed E-state index contributed by atoms with van der Waals surface area (Å²) in [4.78, 5) is 39.2. The smallest absolute Gasteiger partial charge is 0.438 e. The van der Waals surface area contributed by atoms with Crippen molar-refractivity contribution >= 4 is 29.1 Å². The predicted molar refractivity (Wildman–Crippen MR) is 180 cm³/mol. The second-order valence-electron chi connectivity index (χ2n) is 11.0. The molecule has 248 valence electrons. The number of aromatic nitrogens is 5. The minimum Gasteiger partial charge on any atom is -0.481 e. The predicted octanol–water partition coefficient (Wildman–Crippen LogP) is 4.53. The average Bonchev–Trinajstić information content (AvgIpc) is 3.72. The summed E-state index contributed by atoms with van der Waals surface area (Å²) < 4.78 is 15.7. The molecule has 0 radical (unpaired) electrons. The van der Waals surface area contributed by atoms with Crippen LogP contribution >= 0.6 is 23.2 Å². The van der Waals surface area contributed by atoms with E-state index in [2.05, 4.69) is 35.6 Å². The molecule has 0 aliphatic carbocycles. The first kappa shape index (κ1) is 33.1. The van der Waals surface area contributed by atoms with Gasteiger partial charge in [-0.15, -0.1) is 0 Å². The van der Waals surface area contributed by atoms with Crippen LogP contribution in [0.2, 0.25) is 10.0 Å². The summed E-state index contributed by atoms with van der Waals surface area (Å²) in [5, 5.41) is 14.0. The monoisotopic (exact) mass is 690 g/mol. The number of carbonyl (C=O) groups excluding carboxylic acids is 1. The highest BCUT2D eigenvalue weighted by molar-refractivity contribution is 6.39. The minimum atomic E-state index is -0.608. The number of ether oxygens (including phenoxy) is 2. The third-order valence-electron chi connectivity index (χ3n) is 7.84. The number of rotatable bonds is 13. The molecule has 0 saturated carbocycles. The van der Waals surface area contributed by atoms with Crippen molar-refractivity contribution in [1.29, 1.82) is 0 Å². The van der Waals surface area contributed by atoms with Gasteiger partial charge >= 0.3 is 5.76 Å². The molecule has 0 unspecified atom stereocenters. The SMILES string of the molecule is COc1nc(-c2cccc(-c3cccc(-c4cnc(CNC[C@@H]5CCC(=O)N5)c(OC)n4)c3Cl)c2Cl)ccc1CNCc1noc(=O)[nH]1. The number of aromatic amines is 1. The van der Waals surface area contributed by atoms with E-state index in [0.717, 1.165) is 12.0 Å². The molecule has 1 saturated heterocycles. The second kappa shape index (κ2) is 14.9. The van der Waals surface area contributed by atoms with Crippen molar-refractivity contribution in [2.75, 3.05) is 20.8 Å². The van der Waals surface area contributed by atoms with E-state index in [1.165, 1.54) is 0 Å². The van der Waals surface area contributed by atoms with Gasteiger partial charge in [0.2, 0.25) is 17.7 Å². The largest absolute Gasteiger partial charge is 0.481 e. The summed E-state index contributed by atoms with van der Waals surface area (Å²) in [5.74, 6) is 0.657. The molecule has 1 fully saturated rings. The van der Waals surface area contributed by atoms with Crippen molar-refractivity contribution in [3.63, 3.8) is 0 Å². The molecule has 1 aliphatic rings. The molecule has 0 spiro atoms. The van der Waals surface area contributed by atoms with Crippen LogP contribution in [0.15, 0.2) is 64.0 Å². The first-order chi connectivity index (χ1) is 23.3. The van der Waals surface area contributed by atoms with Crippen LogP contribution in [-0.2, 0) is 24.4 Å². The van der Waals surface area contributed by atoms with E-state index in [0.29, 0.717) is 99.6 Å². The van der Waals surface area contributed by atoms with Gasteiger partial charge < -0.3 is 25.4 Å². The second-order valence-corrected chi connectivity index (χ2v) is 11.7. The van der Waals surface area contributed by atoms with E-state index in [-0.39, 0.29) is 11.9 Å². The number of nitrogens with one attached hydrogen (secondary N) is 4. The number of halogens is 2. The molecular formula is C33H32Cl2N8O5. The minimum absolute atomic E-state index is 0.0767. The van der Waals surface area contributed by atoms with Gasteiger partial charge in [0, 0.05) is 59.9 Å². The number of methoxy groups -OCH3 is 2. The van der Waals surface area contributed by atoms with Gasteiger partial charge in [0.05, 0.1) is 48.4 Å². The molecule has 4 heterocycles. The maximum atomic E-state index is 11.5. The topological polar surface area (TPSA) is 169 Å². The van der Waals surface area contributed by atoms with Crippen LogP contribution in [0.4, 0.5) is 0 Å². The number of hydrogen-bond acceptors (Lipinski definition) is 11. The van der Waals surface area contributed by atoms with E-state index < -0.39 is 5.76 Å². The zero-order valence-electron chi connectivity index (χ0n) is 26.1. The van der Waals surface area contributed by atoms with Gasteiger partial charge in [-0.3, -0.25) is 19.3 Å². The molecule has 6 rings (SSSR count). The molecule has 48 heavy (non-hydrogen) atoms. The molecular weight excluding hydrogens is 659 g/mol. The van der Waals surface area contributed by atoms with E-state index in [1.54, 1.807) is 20.4 Å². The van der Waals surface area contributed by atoms with Crippen molar-refractivity contribution in [2.24, 2.45) is 0 Å². The van der Waals surface area contributed by atoms with Gasteiger partial charge in [0.1, 0.15) is 5.69 Å². The lowest BCUT2D eigenvalue weighted by atomic mass is 9.98. The average molecular weight is 692 g/mol. The fourth-order valence-electron chi connectivity index (χ4n) is 5.47. The highest BCUT2D eigenvalue weighted by atomic mass is 35.5. The molecule has 0 bridgehead atoms. The highest BCUT2D eigenvalue weighted by Crippen LogP contribution is 2.42. The van der Waals surface area contributed by atoms with Crippen molar-refractivity contribution in [3.8, 4) is 45.4 Å². The Morgan fingerprint density at radius 3 is 2.19 bits per heavy atom. The standard InChI is InChI=1S/C33H32Cl2N8O5/c1-46-31-18(13-36-17-27-42-33(45)48-43-27)9-11-24(40-31)22-7-3-5-20(29(22)34)21-6-4-8-23(30(21)35)25-16-38-26(32(41-25)47-2)15-37-14-19-10-12-28(44)39-19/h3-9,11,16,19,36-37H,10,12-15,17H2,1-2H3,(H,39,44)(H,42,43,45)/t19-/m0/s1. The summed E-state index contributed by atoms with van der Waals surface area (Å²) in [5.41, 5.74) is 5.40. The number of nitrogens with zero attached hydrogens (tertiary/aromatic N) is 4. The van der Waals surface area contributed by atoms with E-state index in [1.807, 2.05) is 48.5 Å². The third-order valence-corrected chi connectivity index (χ3v) is 8.65. The Bertz CT molecular complexity index is 2000. The number of H-pyrrole nitrogens is 1. The number of pyridine rings is 1. The first-order valence-corrected chi connectivity index (χ1v) is 15.9. The van der Waals surface area contributed by atoms with Gasteiger partial charge in [-0.05, 0) is 12.5 Å². The van der Waals surface area contributed by atoms with Crippen molar-refractivity contribution in [3.05, 3.63) is 92.4 Å². The zero-order valence-corrected chi connectivity index (χ0v) is 27.6. The zero-order chi connectivity index (χ0) is 33.6. The normalized spacial score (nSPS) is 14.2. The number of benzene rings is 2. The Labute approximate surface area is 285 Å². The van der Waals surface area contributed by atoms with Crippen LogP contribution in [0.3, 0.4) is 0 Å². The Kier molecular flexibility index (Phi) is 10.3. The molecule has 1 aliphatic heterocycles. The van der Waals surface area contributed by atoms with Crippen LogP contribution in [0.25, 0.3) is 33.6 Å². The lowest BCUT2D eigenvalue weighted by molar-refractivity contribution is -0.119. The molecule has 13 nitrogen and oxygen atoms in total. The summed E-state index contributed by atoms with van der Waals surface area (Å²) in [6.07, 6.45) is 3.02. The Morgan fingerprint density at radius 1 is 0.854 bits per heavy atom. The van der Waals surface area contributed by atoms with Crippen molar-refractivity contribution in [1.82, 2.24) is 41.0 Å². The molecule has 15 heteroatoms. The number of hydrogen-bond donors (Lipinski definition) is 4. The van der Waals surface area contributed by atoms with Crippen LogP contribution in [-0.4, -0.2) is 57.8 Å². The van der Waals surface area contributed by atoms with Gasteiger partial charge in [-0.2, -0.15) is 0 Å². The maximum Gasteiger partial charge on any atom is 0.438 e. The van der Waals surface area contributed by atoms with Crippen LogP contribution in [0.5, 0.6) is 11.8 Å². The number of carbonyl (C=O) groups is 1. The van der Waals surface area contributed by atoms with Crippen LogP contribution < -0.4 is 31.2 Å². The van der Waals surface area contributed by atoms with Gasteiger partial charge in [0.25, 0.3) is 0 Å². The highest BCUT2D eigenvalue weighted by Gasteiger charge is 2.21. The lowest BCUT2D eigenvalue weighted by Gasteiger charge is -2.15. The molecule has 5 aromatic rings. The molecule has 3 aromatic heterocycles. The van der Waals surface area contributed by atoms with E-state index >= 15 is 0 Å². The first-order valence-electron chi connectivity index (χ1n) is 15.1. The summed E-state index contributed by atoms with van der Waals surface area (Å²) in [6.45, 7) is 1.77. The van der Waals surface area contributed by atoms with Crippen LogP contribution in [0.1, 0.15) is 29.9 Å². The van der Waals surface area contributed by atoms with E-state index in [4.69, 9.17) is 42.6 Å². The molecule has 1 amide bonds. The Hall–Kier alpha value is -4.82. The third kappa shape index (κ3) is 7.34. The summed E-state index contributed by atoms with van der Waals surface area (Å²) in [7, 11) is 3.10. The molecule has 4 N–H and O–H groups in total. The fraction of sp³-hybridized carbons (Fsp3) is 0.273. The van der Waals surface area contributed by atoms with E-state index in [9.17, 15) is 9.59 Å². The summed E-state index contributed by atoms with van der Waals surface area (Å²) in [6, 6.07) is 15.2. The maximum absolute atomic E-state index is 11.5. The van der Waals surface area contributed by atoms with Gasteiger partial charge in [-0.25, -0.2) is 14.8 Å². The Balaban J connectivity index is 1.21. The van der Waals surface area contributed by atoms with Crippen molar-refractivity contribution in [2.45, 2.75) is 38.5 Å². The quantitative estimate of drug-likeness (QED) is 0.137. The van der Waals surface area contributed by atoms with Crippen LogP contribution in [0, 0.1) is 0 Å². The van der Waals surface area contributed by atoms with Gasteiger partial charge in [0.15, 0.2) is 5.82 Å². The number of amides is 1.